The highest BCUT2D eigenvalue weighted by Crippen LogP contribution is 2.19. The molecule has 0 aliphatic rings. The van der Waals surface area contributed by atoms with E-state index in [1.54, 1.807) is 0 Å². The summed E-state index contributed by atoms with van der Waals surface area (Å²) in [5, 5.41) is 9.85. The van der Waals surface area contributed by atoms with Gasteiger partial charge >= 0.3 is 0 Å². The van der Waals surface area contributed by atoms with Gasteiger partial charge in [0.2, 0.25) is 0 Å². The van der Waals surface area contributed by atoms with Gasteiger partial charge in [-0.2, -0.15) is 0 Å². The van der Waals surface area contributed by atoms with Gasteiger partial charge in [0.1, 0.15) is 0 Å². The van der Waals surface area contributed by atoms with Crippen LogP contribution in [0.2, 0.25) is 0 Å². The van der Waals surface area contributed by atoms with Gasteiger partial charge in [-0.15, -0.1) is 0 Å². The van der Waals surface area contributed by atoms with Crippen molar-refractivity contribution in [2.24, 2.45) is 0 Å². The van der Waals surface area contributed by atoms with Crippen LogP contribution in [0, 0.1) is 0 Å². The predicted molar refractivity (Wildman–Crippen MR) is 58.8 cm³/mol. The predicted octanol–water partition coefficient (Wildman–Crippen LogP) is 3.15. The number of aliphatic hydroxyl groups is 1. The number of benzene rings is 1. The molecule has 1 unspecified atom stereocenters. The molecule has 2 heteroatoms. The van der Waals surface area contributed by atoms with E-state index < -0.39 is 5.60 Å². The summed E-state index contributed by atoms with van der Waals surface area (Å²) in [6, 6.07) is 8.06. The largest absolute Gasteiger partial charge is 0.390 e. The van der Waals surface area contributed by atoms with E-state index in [1.807, 2.05) is 38.1 Å². The summed E-state index contributed by atoms with van der Waals surface area (Å²) in [7, 11) is 0. The molecule has 1 aromatic carbocycles. The maximum atomic E-state index is 9.85. The van der Waals surface area contributed by atoms with Crippen LogP contribution in [0.15, 0.2) is 28.7 Å². The van der Waals surface area contributed by atoms with Gasteiger partial charge in [-0.25, -0.2) is 0 Å². The second-order valence-corrected chi connectivity index (χ2v) is 4.57. The minimum Gasteiger partial charge on any atom is -0.390 e. The van der Waals surface area contributed by atoms with Crippen LogP contribution in [0.1, 0.15) is 25.8 Å². The third-order valence-electron chi connectivity index (χ3n) is 2.24. The third kappa shape index (κ3) is 3.49. The normalized spacial score (nSPS) is 15.4. The first-order valence-corrected chi connectivity index (χ1v) is 5.29. The molecule has 0 saturated carbocycles. The van der Waals surface area contributed by atoms with Crippen molar-refractivity contribution in [1.82, 2.24) is 0 Å². The molecule has 0 bridgehead atoms. The van der Waals surface area contributed by atoms with Gasteiger partial charge in [-0.3, -0.25) is 0 Å². The molecule has 1 aromatic rings. The molecule has 0 spiro atoms. The van der Waals surface area contributed by atoms with E-state index in [0.717, 1.165) is 10.9 Å². The first-order valence-electron chi connectivity index (χ1n) is 4.50. The van der Waals surface area contributed by atoms with Crippen LogP contribution in [-0.2, 0) is 6.42 Å². The molecule has 0 radical (unpaired) electrons. The zero-order valence-corrected chi connectivity index (χ0v) is 9.63. The van der Waals surface area contributed by atoms with E-state index in [0.29, 0.717) is 6.42 Å². The molecule has 0 aliphatic heterocycles. The van der Waals surface area contributed by atoms with Crippen molar-refractivity contribution in [2.45, 2.75) is 32.3 Å². The maximum Gasteiger partial charge on any atom is 0.0657 e. The van der Waals surface area contributed by atoms with Crippen molar-refractivity contribution in [1.29, 1.82) is 0 Å². The topological polar surface area (TPSA) is 20.2 Å². The molecule has 0 fully saturated rings. The van der Waals surface area contributed by atoms with Crippen molar-refractivity contribution in [3.05, 3.63) is 34.3 Å². The lowest BCUT2D eigenvalue weighted by atomic mass is 9.94. The summed E-state index contributed by atoms with van der Waals surface area (Å²) in [6.45, 7) is 3.87. The van der Waals surface area contributed by atoms with E-state index in [9.17, 15) is 5.11 Å². The zero-order chi connectivity index (χ0) is 9.90. The van der Waals surface area contributed by atoms with Crippen LogP contribution in [-0.4, -0.2) is 10.7 Å². The molecule has 1 atom stereocenters. The Morgan fingerprint density at radius 3 is 2.69 bits per heavy atom. The fourth-order valence-electron chi connectivity index (χ4n) is 1.21. The molecule has 13 heavy (non-hydrogen) atoms. The summed E-state index contributed by atoms with van der Waals surface area (Å²) in [5.41, 5.74) is 0.585. The van der Waals surface area contributed by atoms with Crippen molar-refractivity contribution >= 4 is 15.9 Å². The highest BCUT2D eigenvalue weighted by Gasteiger charge is 2.17. The standard InChI is InChI=1S/C11H15BrO/c1-3-11(2,13)8-9-5-4-6-10(12)7-9/h4-7,13H,3,8H2,1-2H3. The van der Waals surface area contributed by atoms with Gasteiger partial charge in [-0.05, 0) is 31.0 Å². The Balaban J connectivity index is 2.74. The van der Waals surface area contributed by atoms with Crippen molar-refractivity contribution in [3.8, 4) is 0 Å². The molecular formula is C11H15BrO. The molecule has 0 heterocycles. The van der Waals surface area contributed by atoms with E-state index >= 15 is 0 Å². The number of hydrogen-bond acceptors (Lipinski definition) is 1. The molecule has 1 nitrogen and oxygen atoms in total. The SMILES string of the molecule is CCC(C)(O)Cc1cccc(Br)c1. The van der Waals surface area contributed by atoms with Crippen molar-refractivity contribution < 1.29 is 5.11 Å². The van der Waals surface area contributed by atoms with Crippen LogP contribution in [0.25, 0.3) is 0 Å². The Bertz CT molecular complexity index is 281. The molecular weight excluding hydrogens is 228 g/mol. The van der Waals surface area contributed by atoms with Gasteiger partial charge in [0.05, 0.1) is 5.60 Å². The first-order chi connectivity index (χ1) is 6.03. The van der Waals surface area contributed by atoms with E-state index in [4.69, 9.17) is 0 Å². The molecule has 0 amide bonds. The molecule has 0 aliphatic carbocycles. The van der Waals surface area contributed by atoms with Crippen LogP contribution < -0.4 is 0 Å². The smallest absolute Gasteiger partial charge is 0.0657 e. The lowest BCUT2D eigenvalue weighted by Crippen LogP contribution is -2.25. The second kappa shape index (κ2) is 4.25. The van der Waals surface area contributed by atoms with Crippen molar-refractivity contribution in [3.63, 3.8) is 0 Å². The van der Waals surface area contributed by atoms with Crippen LogP contribution >= 0.6 is 15.9 Å². The quantitative estimate of drug-likeness (QED) is 0.864. The Morgan fingerprint density at radius 2 is 2.15 bits per heavy atom. The second-order valence-electron chi connectivity index (χ2n) is 3.66. The Labute approximate surface area is 87.9 Å². The fourth-order valence-corrected chi connectivity index (χ4v) is 1.66. The highest BCUT2D eigenvalue weighted by molar-refractivity contribution is 9.10. The fraction of sp³-hybridized carbons (Fsp3) is 0.455. The maximum absolute atomic E-state index is 9.85. The highest BCUT2D eigenvalue weighted by atomic mass is 79.9. The third-order valence-corrected chi connectivity index (χ3v) is 2.73. The summed E-state index contributed by atoms with van der Waals surface area (Å²) in [6.07, 6.45) is 1.49. The van der Waals surface area contributed by atoms with Gasteiger partial charge in [0.15, 0.2) is 0 Å². The summed E-state index contributed by atoms with van der Waals surface area (Å²) < 4.78 is 1.07. The van der Waals surface area contributed by atoms with E-state index in [1.165, 1.54) is 5.56 Å². The van der Waals surface area contributed by atoms with E-state index in [2.05, 4.69) is 15.9 Å². The monoisotopic (exact) mass is 242 g/mol. The minimum atomic E-state index is -0.583. The Kier molecular flexibility index (Phi) is 3.51. The Morgan fingerprint density at radius 1 is 1.46 bits per heavy atom. The van der Waals surface area contributed by atoms with E-state index in [-0.39, 0.29) is 0 Å². The lowest BCUT2D eigenvalue weighted by molar-refractivity contribution is 0.0564. The minimum absolute atomic E-state index is 0.583. The van der Waals surface area contributed by atoms with Crippen LogP contribution in [0.4, 0.5) is 0 Å². The van der Waals surface area contributed by atoms with Gasteiger partial charge in [0.25, 0.3) is 0 Å². The average Bonchev–Trinajstić information content (AvgIpc) is 2.03. The molecule has 0 aromatic heterocycles. The summed E-state index contributed by atoms with van der Waals surface area (Å²) in [4.78, 5) is 0. The summed E-state index contributed by atoms with van der Waals surface area (Å²) >= 11 is 3.41. The molecule has 1 N–H and O–H groups in total. The summed E-state index contributed by atoms with van der Waals surface area (Å²) in [5.74, 6) is 0. The zero-order valence-electron chi connectivity index (χ0n) is 8.05. The molecule has 1 rings (SSSR count). The van der Waals surface area contributed by atoms with Gasteiger partial charge in [-0.1, -0.05) is 35.0 Å². The molecule has 0 saturated heterocycles. The molecule has 72 valence electrons. The number of hydrogen-bond donors (Lipinski definition) is 1. The van der Waals surface area contributed by atoms with Gasteiger partial charge < -0.3 is 5.11 Å². The Hall–Kier alpha value is -0.340. The van der Waals surface area contributed by atoms with Gasteiger partial charge in [0, 0.05) is 10.9 Å². The van der Waals surface area contributed by atoms with Crippen LogP contribution in [0.3, 0.4) is 0 Å². The van der Waals surface area contributed by atoms with Crippen LogP contribution in [0.5, 0.6) is 0 Å². The van der Waals surface area contributed by atoms with Crippen molar-refractivity contribution in [2.75, 3.05) is 0 Å². The number of rotatable bonds is 3. The first kappa shape index (κ1) is 10.7. The lowest BCUT2D eigenvalue weighted by Gasteiger charge is -2.21. The number of halogens is 1. The average molecular weight is 243 g/mol.